The SMILES string of the molecule is COc1ccc(Cl)cc1/C(O)=C1\C(=O)C(=O)N(Cc2cccnc2)C1c1sccc1C. The summed E-state index contributed by atoms with van der Waals surface area (Å²) in [7, 11) is 1.46. The number of hydrogen-bond donors (Lipinski definition) is 1. The number of aromatic nitrogens is 1. The zero-order valence-corrected chi connectivity index (χ0v) is 18.4. The van der Waals surface area contributed by atoms with Crippen molar-refractivity contribution in [1.82, 2.24) is 9.88 Å². The Morgan fingerprint density at radius 3 is 2.74 bits per heavy atom. The highest BCUT2D eigenvalue weighted by molar-refractivity contribution is 7.10. The first-order chi connectivity index (χ1) is 14.9. The molecule has 1 aliphatic heterocycles. The molecule has 1 amide bonds. The number of rotatable bonds is 5. The minimum absolute atomic E-state index is 0.0139. The number of methoxy groups -OCH3 is 1. The average molecular weight is 455 g/mol. The number of amides is 1. The molecule has 3 heterocycles. The van der Waals surface area contributed by atoms with Crippen molar-refractivity contribution in [2.24, 2.45) is 0 Å². The summed E-state index contributed by atoms with van der Waals surface area (Å²) in [5.74, 6) is -1.39. The minimum Gasteiger partial charge on any atom is -0.507 e. The molecule has 1 fully saturated rings. The number of ketones is 1. The summed E-state index contributed by atoms with van der Waals surface area (Å²) < 4.78 is 5.35. The van der Waals surface area contributed by atoms with Gasteiger partial charge in [-0.25, -0.2) is 0 Å². The quantitative estimate of drug-likeness (QED) is 0.342. The van der Waals surface area contributed by atoms with Crippen molar-refractivity contribution in [3.63, 3.8) is 0 Å². The van der Waals surface area contributed by atoms with Crippen LogP contribution in [0.2, 0.25) is 5.02 Å². The fraction of sp³-hybridized carbons (Fsp3) is 0.174. The van der Waals surface area contributed by atoms with Crippen LogP contribution >= 0.6 is 22.9 Å². The molecular formula is C23H19ClN2O4S. The number of carbonyl (C=O) groups is 2. The molecule has 0 spiro atoms. The van der Waals surface area contributed by atoms with Crippen LogP contribution in [0.25, 0.3) is 5.76 Å². The van der Waals surface area contributed by atoms with Crippen molar-refractivity contribution in [2.75, 3.05) is 7.11 Å². The molecule has 2 aromatic heterocycles. The van der Waals surface area contributed by atoms with Crippen molar-refractivity contribution in [3.05, 3.63) is 86.3 Å². The molecule has 1 unspecified atom stereocenters. The maximum atomic E-state index is 13.1. The van der Waals surface area contributed by atoms with Gasteiger partial charge in [0.05, 0.1) is 18.2 Å². The number of hydrogen-bond acceptors (Lipinski definition) is 6. The van der Waals surface area contributed by atoms with E-state index < -0.39 is 17.7 Å². The third kappa shape index (κ3) is 3.82. The topological polar surface area (TPSA) is 79.7 Å². The number of aliphatic hydroxyl groups is 1. The van der Waals surface area contributed by atoms with E-state index in [1.54, 1.807) is 30.6 Å². The summed E-state index contributed by atoms with van der Waals surface area (Å²) in [6, 6.07) is 9.54. The van der Waals surface area contributed by atoms with Gasteiger partial charge in [-0.1, -0.05) is 17.7 Å². The van der Waals surface area contributed by atoms with Crippen molar-refractivity contribution in [2.45, 2.75) is 19.5 Å². The van der Waals surface area contributed by atoms with Gasteiger partial charge in [0, 0.05) is 28.8 Å². The zero-order chi connectivity index (χ0) is 22.1. The number of benzene rings is 1. The van der Waals surface area contributed by atoms with Crippen molar-refractivity contribution in [1.29, 1.82) is 0 Å². The van der Waals surface area contributed by atoms with Gasteiger partial charge in [-0.2, -0.15) is 0 Å². The number of thiophene rings is 1. The van der Waals surface area contributed by atoms with Crippen LogP contribution in [-0.4, -0.2) is 33.8 Å². The summed E-state index contributed by atoms with van der Waals surface area (Å²) in [6.45, 7) is 2.10. The average Bonchev–Trinajstić information content (AvgIpc) is 3.30. The van der Waals surface area contributed by atoms with Crippen molar-refractivity contribution < 1.29 is 19.4 Å². The lowest BCUT2D eigenvalue weighted by molar-refractivity contribution is -0.140. The number of ether oxygens (including phenoxy) is 1. The highest BCUT2D eigenvalue weighted by atomic mass is 35.5. The number of aryl methyl sites for hydroxylation is 1. The lowest BCUT2D eigenvalue weighted by Gasteiger charge is -2.25. The number of carbonyl (C=O) groups excluding carboxylic acids is 2. The van der Waals surface area contributed by atoms with Crippen LogP contribution in [0.1, 0.15) is 27.6 Å². The molecule has 3 aromatic rings. The number of halogens is 1. The maximum Gasteiger partial charge on any atom is 0.295 e. The molecule has 0 saturated carbocycles. The normalized spacial score (nSPS) is 17.9. The minimum atomic E-state index is -0.749. The first-order valence-electron chi connectivity index (χ1n) is 9.47. The molecular weight excluding hydrogens is 436 g/mol. The van der Waals surface area contributed by atoms with Crippen LogP contribution in [0.15, 0.2) is 59.7 Å². The van der Waals surface area contributed by atoms with Gasteiger partial charge in [0.25, 0.3) is 11.7 Å². The molecule has 1 N–H and O–H groups in total. The van der Waals surface area contributed by atoms with E-state index in [0.717, 1.165) is 16.0 Å². The van der Waals surface area contributed by atoms with Gasteiger partial charge in [-0.05, 0) is 53.8 Å². The Hall–Kier alpha value is -3.16. The summed E-state index contributed by atoms with van der Waals surface area (Å²) in [5.41, 5.74) is 1.98. The standard InChI is InChI=1S/C23H19ClN2O4S/c1-13-7-9-31-22(13)19-18(20(27)16-10-15(24)5-6-17(16)30-2)21(28)23(29)26(19)12-14-4-3-8-25-11-14/h3-11,19,27H,12H2,1-2H3/b20-18+. The van der Waals surface area contributed by atoms with E-state index in [2.05, 4.69) is 4.98 Å². The van der Waals surface area contributed by atoms with Crippen LogP contribution in [-0.2, 0) is 16.1 Å². The Morgan fingerprint density at radius 1 is 1.29 bits per heavy atom. The molecule has 0 aliphatic carbocycles. The molecule has 6 nitrogen and oxygen atoms in total. The molecule has 158 valence electrons. The van der Waals surface area contributed by atoms with E-state index in [0.29, 0.717) is 10.8 Å². The highest BCUT2D eigenvalue weighted by Gasteiger charge is 2.47. The van der Waals surface area contributed by atoms with E-state index >= 15 is 0 Å². The van der Waals surface area contributed by atoms with Gasteiger partial charge in [-0.3, -0.25) is 14.6 Å². The van der Waals surface area contributed by atoms with Crippen LogP contribution in [0.5, 0.6) is 5.75 Å². The molecule has 1 atom stereocenters. The molecule has 0 radical (unpaired) electrons. The van der Waals surface area contributed by atoms with Crippen molar-refractivity contribution in [3.8, 4) is 5.75 Å². The lowest BCUT2D eigenvalue weighted by atomic mass is 9.98. The lowest BCUT2D eigenvalue weighted by Crippen LogP contribution is -2.29. The van der Waals surface area contributed by atoms with Crippen LogP contribution < -0.4 is 4.74 Å². The molecule has 0 bridgehead atoms. The van der Waals surface area contributed by atoms with Gasteiger partial charge >= 0.3 is 0 Å². The van der Waals surface area contributed by atoms with Crippen LogP contribution in [0, 0.1) is 6.92 Å². The molecule has 1 aliphatic rings. The van der Waals surface area contributed by atoms with Gasteiger partial charge in [0.15, 0.2) is 0 Å². The molecule has 1 aromatic carbocycles. The second-order valence-electron chi connectivity index (χ2n) is 7.10. The number of likely N-dealkylation sites (tertiary alicyclic amines) is 1. The van der Waals surface area contributed by atoms with Crippen LogP contribution in [0.4, 0.5) is 0 Å². The maximum absolute atomic E-state index is 13.1. The second-order valence-corrected chi connectivity index (χ2v) is 8.48. The number of Topliss-reactive ketones (excluding diaryl/α,β-unsaturated/α-hetero) is 1. The summed E-state index contributed by atoms with van der Waals surface area (Å²) in [6.07, 6.45) is 3.29. The number of aliphatic hydroxyl groups excluding tert-OH is 1. The molecule has 8 heteroatoms. The van der Waals surface area contributed by atoms with E-state index in [1.165, 1.54) is 29.4 Å². The monoisotopic (exact) mass is 454 g/mol. The second kappa shape index (κ2) is 8.53. The summed E-state index contributed by atoms with van der Waals surface area (Å²) >= 11 is 7.56. The Labute approximate surface area is 188 Å². The fourth-order valence-corrected chi connectivity index (χ4v) is 4.90. The highest BCUT2D eigenvalue weighted by Crippen LogP contribution is 2.44. The van der Waals surface area contributed by atoms with E-state index in [-0.39, 0.29) is 23.4 Å². The third-order valence-corrected chi connectivity index (χ3v) is 6.49. The van der Waals surface area contributed by atoms with Crippen molar-refractivity contribution >= 4 is 40.4 Å². The first kappa shape index (κ1) is 21.1. The zero-order valence-electron chi connectivity index (χ0n) is 16.8. The Kier molecular flexibility index (Phi) is 5.80. The van der Waals surface area contributed by atoms with E-state index in [1.807, 2.05) is 24.4 Å². The third-order valence-electron chi connectivity index (χ3n) is 5.18. The molecule has 4 rings (SSSR count). The van der Waals surface area contributed by atoms with Crippen LogP contribution in [0.3, 0.4) is 0 Å². The smallest absolute Gasteiger partial charge is 0.295 e. The van der Waals surface area contributed by atoms with Gasteiger partial charge in [0.1, 0.15) is 17.6 Å². The summed E-state index contributed by atoms with van der Waals surface area (Å²) in [4.78, 5) is 32.6. The first-order valence-corrected chi connectivity index (χ1v) is 10.7. The fourth-order valence-electron chi connectivity index (χ4n) is 3.68. The predicted octanol–water partition coefficient (Wildman–Crippen LogP) is 4.74. The predicted molar refractivity (Wildman–Crippen MR) is 119 cm³/mol. The number of nitrogens with zero attached hydrogens (tertiary/aromatic N) is 2. The van der Waals surface area contributed by atoms with Gasteiger partial charge < -0.3 is 14.7 Å². The molecule has 31 heavy (non-hydrogen) atoms. The summed E-state index contributed by atoms with van der Waals surface area (Å²) in [5, 5.41) is 13.5. The van der Waals surface area contributed by atoms with E-state index in [4.69, 9.17) is 16.3 Å². The van der Waals surface area contributed by atoms with Gasteiger partial charge in [0.2, 0.25) is 0 Å². The van der Waals surface area contributed by atoms with E-state index in [9.17, 15) is 14.7 Å². The Balaban J connectivity index is 1.91. The largest absolute Gasteiger partial charge is 0.507 e. The Morgan fingerprint density at radius 2 is 2.10 bits per heavy atom. The Bertz CT molecular complexity index is 1190. The molecule has 1 saturated heterocycles. The van der Waals surface area contributed by atoms with Gasteiger partial charge in [-0.15, -0.1) is 11.3 Å². The number of pyridine rings is 1.